The van der Waals surface area contributed by atoms with E-state index in [9.17, 15) is 26.4 Å². The standard InChI is InChI=1S/C15H21F3N2O4S/c1-10-7-12(14(21)22)8-13(11(10)2)25(23,24)19-5-4-6-20(3)9-15(16,17)18/h7-8,19H,4-6,9H2,1-3H3,(H,21,22). The summed E-state index contributed by atoms with van der Waals surface area (Å²) in [7, 11) is -2.66. The molecule has 2 N–H and O–H groups in total. The lowest BCUT2D eigenvalue weighted by Crippen LogP contribution is -2.34. The number of benzene rings is 1. The van der Waals surface area contributed by atoms with Crippen molar-refractivity contribution in [2.24, 2.45) is 0 Å². The van der Waals surface area contributed by atoms with Gasteiger partial charge in [-0.25, -0.2) is 17.9 Å². The molecule has 0 radical (unpaired) electrons. The van der Waals surface area contributed by atoms with Gasteiger partial charge in [0.15, 0.2) is 0 Å². The fourth-order valence-corrected chi connectivity index (χ4v) is 3.66. The maximum absolute atomic E-state index is 12.4. The first-order valence-electron chi connectivity index (χ1n) is 7.43. The Balaban J connectivity index is 2.75. The molecule has 0 spiro atoms. The number of carboxylic acids is 1. The number of aryl methyl sites for hydroxylation is 1. The predicted octanol–water partition coefficient (Wildman–Crippen LogP) is 2.16. The first-order valence-corrected chi connectivity index (χ1v) is 8.91. The molecule has 142 valence electrons. The summed E-state index contributed by atoms with van der Waals surface area (Å²) in [6.07, 6.45) is -4.12. The number of halogens is 3. The first kappa shape index (κ1) is 21.4. The number of alkyl halides is 3. The molecule has 0 amide bonds. The van der Waals surface area contributed by atoms with E-state index in [1.165, 1.54) is 13.1 Å². The van der Waals surface area contributed by atoms with Crippen molar-refractivity contribution in [1.29, 1.82) is 0 Å². The fourth-order valence-electron chi connectivity index (χ4n) is 2.25. The molecule has 1 rings (SSSR count). The van der Waals surface area contributed by atoms with Gasteiger partial charge < -0.3 is 5.11 Å². The SMILES string of the molecule is Cc1cc(C(=O)O)cc(S(=O)(=O)NCCCN(C)CC(F)(F)F)c1C. The second kappa shape index (κ2) is 8.15. The van der Waals surface area contributed by atoms with Crippen molar-refractivity contribution in [3.05, 3.63) is 28.8 Å². The molecule has 0 aliphatic heterocycles. The van der Waals surface area contributed by atoms with Gasteiger partial charge in [0.25, 0.3) is 0 Å². The summed E-state index contributed by atoms with van der Waals surface area (Å²) < 4.78 is 63.6. The number of rotatable bonds is 8. The molecule has 0 saturated heterocycles. The van der Waals surface area contributed by atoms with E-state index in [-0.39, 0.29) is 30.0 Å². The topological polar surface area (TPSA) is 86.7 Å². The average molecular weight is 382 g/mol. The van der Waals surface area contributed by atoms with Gasteiger partial charge in [0.1, 0.15) is 0 Å². The average Bonchev–Trinajstić information content (AvgIpc) is 2.44. The molecular weight excluding hydrogens is 361 g/mol. The molecule has 0 aromatic heterocycles. The highest BCUT2D eigenvalue weighted by Crippen LogP contribution is 2.21. The predicted molar refractivity (Wildman–Crippen MR) is 86.2 cm³/mol. The van der Waals surface area contributed by atoms with Crippen molar-refractivity contribution >= 4 is 16.0 Å². The minimum atomic E-state index is -4.31. The van der Waals surface area contributed by atoms with Crippen LogP contribution in [0.3, 0.4) is 0 Å². The minimum absolute atomic E-state index is 0.0552. The summed E-state index contributed by atoms with van der Waals surface area (Å²) in [6, 6.07) is 2.45. The largest absolute Gasteiger partial charge is 0.478 e. The molecule has 0 aliphatic carbocycles. The van der Waals surface area contributed by atoms with E-state index in [0.717, 1.165) is 11.0 Å². The highest BCUT2D eigenvalue weighted by atomic mass is 32.2. The first-order chi connectivity index (χ1) is 11.3. The van der Waals surface area contributed by atoms with Gasteiger partial charge in [-0.05, 0) is 57.1 Å². The van der Waals surface area contributed by atoms with Gasteiger partial charge in [0, 0.05) is 6.54 Å². The van der Waals surface area contributed by atoms with Crippen LogP contribution < -0.4 is 4.72 Å². The summed E-state index contributed by atoms with van der Waals surface area (Å²) in [6.45, 7) is 2.10. The maximum atomic E-state index is 12.4. The van der Waals surface area contributed by atoms with Crippen molar-refractivity contribution < 1.29 is 31.5 Å². The second-order valence-electron chi connectivity index (χ2n) is 5.83. The van der Waals surface area contributed by atoms with Gasteiger partial charge in [0.05, 0.1) is 17.0 Å². The molecule has 0 unspecified atom stereocenters. The van der Waals surface area contributed by atoms with Crippen LogP contribution in [-0.2, 0) is 10.0 Å². The Morgan fingerprint density at radius 2 is 1.88 bits per heavy atom. The molecule has 10 heteroatoms. The number of hydrogen-bond acceptors (Lipinski definition) is 4. The van der Waals surface area contributed by atoms with E-state index in [0.29, 0.717) is 11.1 Å². The van der Waals surface area contributed by atoms with Gasteiger partial charge in [-0.15, -0.1) is 0 Å². The van der Waals surface area contributed by atoms with E-state index in [4.69, 9.17) is 5.11 Å². The van der Waals surface area contributed by atoms with Gasteiger partial charge in [0.2, 0.25) is 10.0 Å². The van der Waals surface area contributed by atoms with Crippen LogP contribution in [0.5, 0.6) is 0 Å². The number of aromatic carboxylic acids is 1. The van der Waals surface area contributed by atoms with Crippen LogP contribution in [0.2, 0.25) is 0 Å². The molecule has 1 aromatic rings. The van der Waals surface area contributed by atoms with Crippen LogP contribution in [0.1, 0.15) is 27.9 Å². The third kappa shape index (κ3) is 6.63. The van der Waals surface area contributed by atoms with Gasteiger partial charge in [-0.3, -0.25) is 4.90 Å². The number of hydrogen-bond donors (Lipinski definition) is 2. The third-order valence-electron chi connectivity index (χ3n) is 3.61. The molecule has 6 nitrogen and oxygen atoms in total. The van der Waals surface area contributed by atoms with Crippen molar-refractivity contribution in [2.75, 3.05) is 26.7 Å². The van der Waals surface area contributed by atoms with Gasteiger partial charge in [-0.2, -0.15) is 13.2 Å². The fraction of sp³-hybridized carbons (Fsp3) is 0.533. The zero-order valence-electron chi connectivity index (χ0n) is 14.1. The highest BCUT2D eigenvalue weighted by Gasteiger charge is 2.29. The molecule has 0 saturated carbocycles. The van der Waals surface area contributed by atoms with Crippen LogP contribution in [0.15, 0.2) is 17.0 Å². The Morgan fingerprint density at radius 3 is 2.40 bits per heavy atom. The molecule has 0 aliphatic rings. The summed E-state index contributed by atoms with van der Waals surface area (Å²) in [5.74, 6) is -1.24. The quantitative estimate of drug-likeness (QED) is 0.673. The van der Waals surface area contributed by atoms with Crippen LogP contribution in [0, 0.1) is 13.8 Å². The van der Waals surface area contributed by atoms with E-state index < -0.39 is 28.7 Å². The lowest BCUT2D eigenvalue weighted by molar-refractivity contribution is -0.143. The highest BCUT2D eigenvalue weighted by molar-refractivity contribution is 7.89. The van der Waals surface area contributed by atoms with Crippen LogP contribution in [-0.4, -0.2) is 57.3 Å². The summed E-state index contributed by atoms with van der Waals surface area (Å²) in [5.41, 5.74) is 0.797. The monoisotopic (exact) mass is 382 g/mol. The van der Waals surface area contributed by atoms with Gasteiger partial charge in [-0.1, -0.05) is 0 Å². The zero-order valence-corrected chi connectivity index (χ0v) is 15.0. The Morgan fingerprint density at radius 1 is 1.28 bits per heavy atom. The van der Waals surface area contributed by atoms with E-state index in [1.807, 2.05) is 0 Å². The Hall–Kier alpha value is -1.65. The van der Waals surface area contributed by atoms with Crippen molar-refractivity contribution in [3.8, 4) is 0 Å². The molecule has 0 heterocycles. The van der Waals surface area contributed by atoms with E-state index in [2.05, 4.69) is 4.72 Å². The lowest BCUT2D eigenvalue weighted by Gasteiger charge is -2.18. The number of nitrogens with zero attached hydrogens (tertiary/aromatic N) is 1. The van der Waals surface area contributed by atoms with Crippen molar-refractivity contribution in [1.82, 2.24) is 9.62 Å². The molecule has 25 heavy (non-hydrogen) atoms. The summed E-state index contributed by atoms with van der Waals surface area (Å²) >= 11 is 0. The smallest absolute Gasteiger partial charge is 0.401 e. The Bertz CT molecular complexity index is 733. The Labute approximate surface area is 144 Å². The van der Waals surface area contributed by atoms with Crippen molar-refractivity contribution in [3.63, 3.8) is 0 Å². The zero-order chi connectivity index (χ0) is 19.4. The molecule has 0 fully saturated rings. The third-order valence-corrected chi connectivity index (χ3v) is 5.20. The lowest BCUT2D eigenvalue weighted by atomic mass is 10.1. The van der Waals surface area contributed by atoms with E-state index in [1.54, 1.807) is 13.8 Å². The number of sulfonamides is 1. The normalized spacial score (nSPS) is 12.6. The van der Waals surface area contributed by atoms with Crippen LogP contribution in [0.25, 0.3) is 0 Å². The molecule has 0 bridgehead atoms. The second-order valence-corrected chi connectivity index (χ2v) is 7.56. The summed E-state index contributed by atoms with van der Waals surface area (Å²) in [5, 5.41) is 9.05. The molecule has 0 atom stereocenters. The minimum Gasteiger partial charge on any atom is -0.478 e. The maximum Gasteiger partial charge on any atom is 0.401 e. The number of carbonyl (C=O) groups is 1. The Kier molecular flexibility index (Phi) is 6.98. The van der Waals surface area contributed by atoms with E-state index >= 15 is 0 Å². The summed E-state index contributed by atoms with van der Waals surface area (Å²) in [4.78, 5) is 12.0. The van der Waals surface area contributed by atoms with Crippen molar-refractivity contribution in [2.45, 2.75) is 31.3 Å². The van der Waals surface area contributed by atoms with Gasteiger partial charge >= 0.3 is 12.1 Å². The number of nitrogens with one attached hydrogen (secondary N) is 1. The number of carboxylic acid groups (broad SMARTS) is 1. The molecule has 1 aromatic carbocycles. The van der Waals surface area contributed by atoms with Crippen LogP contribution in [0.4, 0.5) is 13.2 Å². The molecular formula is C15H21F3N2O4S. The van der Waals surface area contributed by atoms with Crippen LogP contribution >= 0.6 is 0 Å².